The zero-order chi connectivity index (χ0) is 14.4. The Labute approximate surface area is 132 Å². The van der Waals surface area contributed by atoms with Crippen molar-refractivity contribution in [3.8, 4) is 11.5 Å². The smallest absolute Gasteiger partial charge is 0.128 e. The van der Waals surface area contributed by atoms with E-state index in [9.17, 15) is 5.11 Å². The van der Waals surface area contributed by atoms with Crippen LogP contribution in [-0.4, -0.2) is 17.9 Å². The molecule has 0 heterocycles. The second kappa shape index (κ2) is 7.28. The largest absolute Gasteiger partial charge is 0.507 e. The van der Waals surface area contributed by atoms with Crippen LogP contribution in [0, 0.1) is 3.57 Å². The first-order valence-electron chi connectivity index (χ1n) is 6.44. The van der Waals surface area contributed by atoms with Gasteiger partial charge in [0.15, 0.2) is 0 Å². The first-order chi connectivity index (χ1) is 9.69. The highest BCUT2D eigenvalue weighted by atomic mass is 127. The van der Waals surface area contributed by atoms with Crippen molar-refractivity contribution < 1.29 is 9.84 Å². The summed E-state index contributed by atoms with van der Waals surface area (Å²) in [6.07, 6.45) is 2.60. The van der Waals surface area contributed by atoms with Crippen molar-refractivity contribution in [2.45, 2.75) is 13.3 Å². The second-order valence-electron chi connectivity index (χ2n) is 4.31. The second-order valence-corrected chi connectivity index (χ2v) is 5.55. The molecule has 0 aliphatic heterocycles. The van der Waals surface area contributed by atoms with Crippen LogP contribution in [0.2, 0.25) is 0 Å². The number of aliphatic imine (C=N–C) groups is 1. The highest BCUT2D eigenvalue weighted by molar-refractivity contribution is 14.1. The van der Waals surface area contributed by atoms with Gasteiger partial charge in [0.1, 0.15) is 11.5 Å². The Bertz CT molecular complexity index is 611. The van der Waals surface area contributed by atoms with E-state index < -0.39 is 0 Å². The van der Waals surface area contributed by atoms with Crippen LogP contribution in [0.4, 0.5) is 5.69 Å². The predicted molar refractivity (Wildman–Crippen MR) is 90.3 cm³/mol. The van der Waals surface area contributed by atoms with Crippen molar-refractivity contribution >= 4 is 34.5 Å². The third-order valence-corrected chi connectivity index (χ3v) is 3.31. The highest BCUT2D eigenvalue weighted by Gasteiger charge is 2.01. The van der Waals surface area contributed by atoms with E-state index in [0.29, 0.717) is 17.9 Å². The predicted octanol–water partition coefficient (Wildman–Crippen LogP) is 4.54. The molecule has 2 rings (SSSR count). The van der Waals surface area contributed by atoms with Gasteiger partial charge >= 0.3 is 0 Å². The Hall–Kier alpha value is -1.56. The average Bonchev–Trinajstić information content (AvgIpc) is 2.44. The molecule has 2 aromatic rings. The zero-order valence-electron chi connectivity index (χ0n) is 11.2. The van der Waals surface area contributed by atoms with Gasteiger partial charge in [-0.2, -0.15) is 0 Å². The Balaban J connectivity index is 2.13. The fourth-order valence-electron chi connectivity index (χ4n) is 1.64. The summed E-state index contributed by atoms with van der Waals surface area (Å²) in [7, 11) is 0. The molecule has 3 nitrogen and oxygen atoms in total. The number of rotatable bonds is 5. The summed E-state index contributed by atoms with van der Waals surface area (Å²) >= 11 is 2.24. The molecule has 0 saturated heterocycles. The van der Waals surface area contributed by atoms with Gasteiger partial charge in [-0.25, -0.2) is 0 Å². The van der Waals surface area contributed by atoms with Crippen molar-refractivity contribution in [1.29, 1.82) is 0 Å². The van der Waals surface area contributed by atoms with E-state index in [4.69, 9.17) is 4.74 Å². The highest BCUT2D eigenvalue weighted by Crippen LogP contribution is 2.23. The van der Waals surface area contributed by atoms with Crippen LogP contribution in [0.3, 0.4) is 0 Å². The van der Waals surface area contributed by atoms with Gasteiger partial charge < -0.3 is 9.84 Å². The Kier molecular flexibility index (Phi) is 5.40. The van der Waals surface area contributed by atoms with Crippen LogP contribution in [0.25, 0.3) is 0 Å². The molecule has 0 atom stereocenters. The standard InChI is InChI=1S/C16H16INO2/c1-2-8-20-15-7-6-12(16(19)10-15)11-18-14-5-3-4-13(17)9-14/h3-7,9-11,19H,2,8H2,1H3. The number of nitrogens with zero attached hydrogens (tertiary/aromatic N) is 1. The molecule has 0 saturated carbocycles. The maximum atomic E-state index is 9.95. The minimum Gasteiger partial charge on any atom is -0.507 e. The number of ether oxygens (including phenoxy) is 1. The van der Waals surface area contributed by atoms with E-state index in [2.05, 4.69) is 27.6 Å². The monoisotopic (exact) mass is 381 g/mol. The van der Waals surface area contributed by atoms with Crippen LogP contribution in [0.5, 0.6) is 11.5 Å². The van der Waals surface area contributed by atoms with Crippen molar-refractivity contribution in [1.82, 2.24) is 0 Å². The Morgan fingerprint density at radius 2 is 2.10 bits per heavy atom. The van der Waals surface area contributed by atoms with Crippen LogP contribution in [0.1, 0.15) is 18.9 Å². The molecule has 0 aromatic heterocycles. The summed E-state index contributed by atoms with van der Waals surface area (Å²) in [5.41, 5.74) is 1.54. The quantitative estimate of drug-likeness (QED) is 0.611. The lowest BCUT2D eigenvalue weighted by Gasteiger charge is -2.06. The van der Waals surface area contributed by atoms with E-state index in [-0.39, 0.29) is 5.75 Å². The molecule has 0 aliphatic carbocycles. The molecule has 0 aliphatic rings. The molecular weight excluding hydrogens is 365 g/mol. The summed E-state index contributed by atoms with van der Waals surface area (Å²) in [4.78, 5) is 4.36. The number of aromatic hydroxyl groups is 1. The van der Waals surface area contributed by atoms with Crippen molar-refractivity contribution in [2.24, 2.45) is 4.99 Å². The maximum absolute atomic E-state index is 9.95. The topological polar surface area (TPSA) is 41.8 Å². The van der Waals surface area contributed by atoms with Gasteiger partial charge in [0.05, 0.1) is 12.3 Å². The van der Waals surface area contributed by atoms with E-state index in [1.807, 2.05) is 37.3 Å². The lowest BCUT2D eigenvalue weighted by molar-refractivity contribution is 0.315. The first kappa shape index (κ1) is 14.8. The molecule has 0 radical (unpaired) electrons. The van der Waals surface area contributed by atoms with Gasteiger partial charge in [-0.15, -0.1) is 0 Å². The number of benzene rings is 2. The number of hydrogen-bond acceptors (Lipinski definition) is 3. The molecule has 2 aromatic carbocycles. The first-order valence-corrected chi connectivity index (χ1v) is 7.52. The van der Waals surface area contributed by atoms with Gasteiger partial charge in [0.25, 0.3) is 0 Å². The van der Waals surface area contributed by atoms with Crippen LogP contribution in [0.15, 0.2) is 47.5 Å². The van der Waals surface area contributed by atoms with E-state index >= 15 is 0 Å². The summed E-state index contributed by atoms with van der Waals surface area (Å²) < 4.78 is 6.59. The van der Waals surface area contributed by atoms with Crippen LogP contribution < -0.4 is 4.74 Å². The van der Waals surface area contributed by atoms with Crippen LogP contribution >= 0.6 is 22.6 Å². The van der Waals surface area contributed by atoms with Crippen molar-refractivity contribution in [2.75, 3.05) is 6.61 Å². The summed E-state index contributed by atoms with van der Waals surface area (Å²) in [6, 6.07) is 13.1. The molecular formula is C16H16INO2. The summed E-state index contributed by atoms with van der Waals surface area (Å²) in [6.45, 7) is 2.69. The van der Waals surface area contributed by atoms with Gasteiger partial charge in [-0.1, -0.05) is 13.0 Å². The van der Waals surface area contributed by atoms with E-state index in [0.717, 1.165) is 15.7 Å². The van der Waals surface area contributed by atoms with Crippen molar-refractivity contribution in [3.05, 3.63) is 51.6 Å². The lowest BCUT2D eigenvalue weighted by atomic mass is 10.2. The molecule has 104 valence electrons. The average molecular weight is 381 g/mol. The maximum Gasteiger partial charge on any atom is 0.128 e. The molecule has 0 unspecified atom stereocenters. The number of halogens is 1. The Morgan fingerprint density at radius 1 is 1.25 bits per heavy atom. The van der Waals surface area contributed by atoms with Crippen molar-refractivity contribution in [3.63, 3.8) is 0 Å². The molecule has 4 heteroatoms. The molecule has 0 spiro atoms. The third-order valence-electron chi connectivity index (χ3n) is 2.64. The Morgan fingerprint density at radius 3 is 2.80 bits per heavy atom. The minimum atomic E-state index is 0.174. The fourth-order valence-corrected chi connectivity index (χ4v) is 2.17. The number of phenols is 1. The molecule has 0 fully saturated rings. The number of hydrogen-bond donors (Lipinski definition) is 1. The zero-order valence-corrected chi connectivity index (χ0v) is 13.4. The minimum absolute atomic E-state index is 0.174. The van der Waals surface area contributed by atoms with Gasteiger partial charge in [-0.3, -0.25) is 4.99 Å². The number of phenolic OH excluding ortho intramolecular Hbond substituents is 1. The van der Waals surface area contributed by atoms with E-state index in [1.165, 1.54) is 0 Å². The van der Waals surface area contributed by atoms with Gasteiger partial charge in [-0.05, 0) is 59.3 Å². The third kappa shape index (κ3) is 4.23. The summed E-state index contributed by atoms with van der Waals surface area (Å²) in [5, 5.41) is 9.95. The molecule has 0 bridgehead atoms. The van der Waals surface area contributed by atoms with Gasteiger partial charge in [0.2, 0.25) is 0 Å². The normalized spacial score (nSPS) is 10.9. The summed E-state index contributed by atoms with van der Waals surface area (Å²) in [5.74, 6) is 0.851. The fraction of sp³-hybridized carbons (Fsp3) is 0.188. The lowest BCUT2D eigenvalue weighted by Crippen LogP contribution is -1.95. The van der Waals surface area contributed by atoms with E-state index in [1.54, 1.807) is 18.3 Å². The SMILES string of the molecule is CCCOc1ccc(C=Nc2cccc(I)c2)c(O)c1. The molecule has 20 heavy (non-hydrogen) atoms. The molecule has 1 N–H and O–H groups in total. The molecule has 0 amide bonds. The van der Waals surface area contributed by atoms with Crippen LogP contribution in [-0.2, 0) is 0 Å². The van der Waals surface area contributed by atoms with Gasteiger partial charge in [0, 0.05) is 21.4 Å².